The number of halogens is 4. The van der Waals surface area contributed by atoms with E-state index < -0.39 is 54.0 Å². The Morgan fingerprint density at radius 1 is 1.23 bits per heavy atom. The monoisotopic (exact) mass is 452 g/mol. The maximum absolute atomic E-state index is 13.2. The lowest BCUT2D eigenvalue weighted by atomic mass is 10.1. The van der Waals surface area contributed by atoms with E-state index in [0.717, 1.165) is 37.3 Å². The second-order valence-corrected chi connectivity index (χ2v) is 6.01. The van der Waals surface area contributed by atoms with Gasteiger partial charge in [-0.3, -0.25) is 10.1 Å². The Balaban J connectivity index is 2.54. The fourth-order valence-electron chi connectivity index (χ4n) is 2.50. The lowest BCUT2D eigenvalue weighted by Crippen LogP contribution is -2.38. The van der Waals surface area contributed by atoms with Crippen LogP contribution >= 0.6 is 0 Å². The third-order valence-electron chi connectivity index (χ3n) is 3.98. The van der Waals surface area contributed by atoms with E-state index in [0.29, 0.717) is 0 Å². The van der Waals surface area contributed by atoms with E-state index in [9.17, 15) is 37.3 Å². The van der Waals surface area contributed by atoms with Crippen LogP contribution in [-0.2, 0) is 23.8 Å². The van der Waals surface area contributed by atoms with Crippen LogP contribution in [0.3, 0.4) is 0 Å². The Bertz CT molecular complexity index is 906. The summed E-state index contributed by atoms with van der Waals surface area (Å²) in [4.78, 5) is 35.6. The van der Waals surface area contributed by atoms with Crippen LogP contribution in [-0.4, -0.2) is 63.4 Å². The summed E-state index contributed by atoms with van der Waals surface area (Å²) >= 11 is 0. The number of methoxy groups -OCH3 is 2. The molecule has 0 amide bonds. The van der Waals surface area contributed by atoms with Crippen molar-refractivity contribution in [2.24, 2.45) is 0 Å². The number of alkyl halides is 4. The summed E-state index contributed by atoms with van der Waals surface area (Å²) in [6, 6.07) is 2.64. The van der Waals surface area contributed by atoms with Gasteiger partial charge in [-0.2, -0.15) is 8.78 Å². The van der Waals surface area contributed by atoms with Gasteiger partial charge < -0.3 is 23.8 Å². The smallest absolute Gasteiger partial charge is 0.355 e. The Morgan fingerprint density at radius 3 is 2.42 bits per heavy atom. The summed E-state index contributed by atoms with van der Waals surface area (Å²) in [6.45, 7) is -2.49. The number of nitrogens with zero attached hydrogens (tertiary/aromatic N) is 2. The standard InChI is InChI=1S/C17H16F4N2O8/c1-28-14(24)12-6-30-8-22(13(12)15(25)29-2)9-3-10(23(26)27)5-11(4-9)31-7-17(20,21)16(18)19/h3-5,16H,6-8H2,1-2H3. The minimum absolute atomic E-state index is 0.189. The maximum atomic E-state index is 13.2. The number of esters is 2. The normalized spacial score (nSPS) is 14.5. The topological polar surface area (TPSA) is 117 Å². The Hall–Kier alpha value is -3.42. The van der Waals surface area contributed by atoms with Crippen LogP contribution in [0.1, 0.15) is 0 Å². The summed E-state index contributed by atoms with van der Waals surface area (Å²) in [7, 11) is 2.07. The predicted molar refractivity (Wildman–Crippen MR) is 93.9 cm³/mol. The summed E-state index contributed by atoms with van der Waals surface area (Å²) < 4.78 is 70.2. The van der Waals surface area contributed by atoms with Gasteiger partial charge in [0.2, 0.25) is 0 Å². The Labute approximate surface area is 172 Å². The van der Waals surface area contributed by atoms with E-state index >= 15 is 0 Å². The number of ether oxygens (including phenoxy) is 4. The second kappa shape index (κ2) is 9.59. The zero-order valence-electron chi connectivity index (χ0n) is 16.1. The maximum Gasteiger partial charge on any atom is 0.355 e. The van der Waals surface area contributed by atoms with Gasteiger partial charge in [0.25, 0.3) is 5.69 Å². The van der Waals surface area contributed by atoms with Crippen molar-refractivity contribution >= 4 is 23.3 Å². The largest absolute Gasteiger partial charge is 0.487 e. The molecule has 0 fully saturated rings. The molecule has 0 N–H and O–H groups in total. The van der Waals surface area contributed by atoms with E-state index in [4.69, 9.17) is 4.74 Å². The van der Waals surface area contributed by atoms with Crippen molar-refractivity contribution in [1.29, 1.82) is 0 Å². The SMILES string of the molecule is COC(=O)C1=C(C(=O)OC)N(c2cc(OCC(F)(F)C(F)F)cc([N+](=O)[O-])c2)COC1. The minimum Gasteiger partial charge on any atom is -0.487 e. The van der Waals surface area contributed by atoms with Gasteiger partial charge in [0.05, 0.1) is 43.1 Å². The molecule has 1 aromatic carbocycles. The molecule has 1 heterocycles. The summed E-state index contributed by atoms with van der Waals surface area (Å²) in [5.74, 6) is -7.02. The molecule has 0 spiro atoms. The highest BCUT2D eigenvalue weighted by Gasteiger charge is 2.42. The highest BCUT2D eigenvalue weighted by atomic mass is 19.3. The van der Waals surface area contributed by atoms with Gasteiger partial charge in [0.15, 0.2) is 6.61 Å². The van der Waals surface area contributed by atoms with Gasteiger partial charge in [-0.1, -0.05) is 0 Å². The van der Waals surface area contributed by atoms with E-state index in [1.54, 1.807) is 0 Å². The number of hydrogen-bond acceptors (Lipinski definition) is 9. The molecule has 10 nitrogen and oxygen atoms in total. The number of anilines is 1. The van der Waals surface area contributed by atoms with Gasteiger partial charge in [-0.05, 0) is 0 Å². The molecule has 0 saturated carbocycles. The number of rotatable bonds is 8. The Kier molecular flexibility index (Phi) is 7.38. The molecule has 0 bridgehead atoms. The first kappa shape index (κ1) is 23.9. The number of carbonyl (C=O) groups excluding carboxylic acids is 2. The van der Waals surface area contributed by atoms with Crippen molar-refractivity contribution in [3.8, 4) is 5.75 Å². The number of nitro groups is 1. The second-order valence-electron chi connectivity index (χ2n) is 6.01. The predicted octanol–water partition coefficient (Wildman–Crippen LogP) is 2.27. The number of hydrogen-bond donors (Lipinski definition) is 0. The van der Waals surface area contributed by atoms with Crippen LogP contribution in [0.15, 0.2) is 29.5 Å². The molecular formula is C17H16F4N2O8. The van der Waals surface area contributed by atoms with Gasteiger partial charge in [-0.25, -0.2) is 18.4 Å². The molecular weight excluding hydrogens is 436 g/mol. The van der Waals surface area contributed by atoms with Gasteiger partial charge in [0, 0.05) is 12.1 Å². The van der Waals surface area contributed by atoms with Gasteiger partial charge in [-0.15, -0.1) is 0 Å². The van der Waals surface area contributed by atoms with Crippen molar-refractivity contribution in [3.63, 3.8) is 0 Å². The number of nitro benzene ring substituents is 1. The van der Waals surface area contributed by atoms with E-state index in [1.165, 1.54) is 0 Å². The molecule has 14 heteroatoms. The third kappa shape index (κ3) is 5.39. The minimum atomic E-state index is -4.51. The van der Waals surface area contributed by atoms with Crippen LogP contribution in [0.25, 0.3) is 0 Å². The summed E-state index contributed by atoms with van der Waals surface area (Å²) in [6.07, 6.45) is -4.02. The lowest BCUT2D eigenvalue weighted by molar-refractivity contribution is -0.384. The van der Waals surface area contributed by atoms with E-state index in [1.807, 2.05) is 0 Å². The summed E-state index contributed by atoms with van der Waals surface area (Å²) in [5, 5.41) is 11.2. The molecule has 0 aliphatic carbocycles. The van der Waals surface area contributed by atoms with Crippen molar-refractivity contribution in [2.75, 3.05) is 39.1 Å². The van der Waals surface area contributed by atoms with Crippen LogP contribution in [0.5, 0.6) is 5.75 Å². The molecule has 31 heavy (non-hydrogen) atoms. The fraction of sp³-hybridized carbons (Fsp3) is 0.412. The molecule has 1 aliphatic rings. The molecule has 0 atom stereocenters. The average Bonchev–Trinajstić information content (AvgIpc) is 2.75. The van der Waals surface area contributed by atoms with E-state index in [2.05, 4.69) is 14.2 Å². The zero-order valence-corrected chi connectivity index (χ0v) is 16.1. The highest BCUT2D eigenvalue weighted by Crippen LogP contribution is 2.34. The molecule has 0 radical (unpaired) electrons. The first-order chi connectivity index (χ1) is 14.5. The van der Waals surface area contributed by atoms with Crippen LogP contribution in [0.4, 0.5) is 28.9 Å². The van der Waals surface area contributed by atoms with Gasteiger partial charge in [0.1, 0.15) is 18.2 Å². The number of carbonyl (C=O) groups is 2. The van der Waals surface area contributed by atoms with Gasteiger partial charge >= 0.3 is 24.3 Å². The molecule has 2 rings (SSSR count). The Morgan fingerprint density at radius 2 is 1.87 bits per heavy atom. The number of non-ortho nitro benzene ring substituents is 1. The highest BCUT2D eigenvalue weighted by molar-refractivity contribution is 6.03. The fourth-order valence-corrected chi connectivity index (χ4v) is 2.50. The number of benzene rings is 1. The van der Waals surface area contributed by atoms with Crippen molar-refractivity contribution in [2.45, 2.75) is 12.3 Å². The van der Waals surface area contributed by atoms with Crippen molar-refractivity contribution in [3.05, 3.63) is 39.6 Å². The molecule has 0 aromatic heterocycles. The first-order valence-corrected chi connectivity index (χ1v) is 8.35. The molecule has 0 saturated heterocycles. The first-order valence-electron chi connectivity index (χ1n) is 8.35. The quantitative estimate of drug-likeness (QED) is 0.253. The van der Waals surface area contributed by atoms with Crippen molar-refractivity contribution in [1.82, 2.24) is 0 Å². The van der Waals surface area contributed by atoms with Crippen LogP contribution < -0.4 is 9.64 Å². The third-order valence-corrected chi connectivity index (χ3v) is 3.98. The molecule has 170 valence electrons. The molecule has 1 aliphatic heterocycles. The molecule has 1 aromatic rings. The zero-order chi connectivity index (χ0) is 23.3. The van der Waals surface area contributed by atoms with E-state index in [-0.39, 0.29) is 23.6 Å². The van der Waals surface area contributed by atoms with Crippen molar-refractivity contribution < 1.29 is 51.0 Å². The van der Waals surface area contributed by atoms with Crippen LogP contribution in [0.2, 0.25) is 0 Å². The average molecular weight is 452 g/mol. The molecule has 0 unspecified atom stereocenters. The van der Waals surface area contributed by atoms with Crippen LogP contribution in [0, 0.1) is 10.1 Å². The summed E-state index contributed by atoms with van der Waals surface area (Å²) in [5.41, 5.74) is -1.49. The lowest BCUT2D eigenvalue weighted by Gasteiger charge is -2.31.